The van der Waals surface area contributed by atoms with Crippen molar-refractivity contribution in [2.24, 2.45) is 7.05 Å². The number of hydrogen-bond acceptors (Lipinski definition) is 6. The van der Waals surface area contributed by atoms with Crippen molar-refractivity contribution in [2.75, 3.05) is 11.5 Å². The summed E-state index contributed by atoms with van der Waals surface area (Å²) in [4.78, 5) is 8.02. The van der Waals surface area contributed by atoms with E-state index in [-0.39, 0.29) is 5.82 Å². The molecule has 0 aliphatic rings. The summed E-state index contributed by atoms with van der Waals surface area (Å²) >= 11 is 0. The van der Waals surface area contributed by atoms with Crippen LogP contribution in [0.25, 0.3) is 11.4 Å². The number of aryl methyl sites for hydroxylation is 2. The Kier molecular flexibility index (Phi) is 2.00. The van der Waals surface area contributed by atoms with E-state index in [0.29, 0.717) is 23.1 Å². The van der Waals surface area contributed by atoms with E-state index in [4.69, 9.17) is 16.0 Å². The largest absolute Gasteiger partial charge is 0.369 e. The minimum atomic E-state index is 0.284. The Balaban J connectivity index is 2.66. The van der Waals surface area contributed by atoms with E-state index in [1.807, 2.05) is 0 Å². The number of anilines is 2. The summed E-state index contributed by atoms with van der Waals surface area (Å²) in [7, 11) is 1.76. The summed E-state index contributed by atoms with van der Waals surface area (Å²) in [6, 6.07) is 0. The molecule has 0 aliphatic carbocycles. The highest BCUT2D eigenvalue weighted by molar-refractivity contribution is 5.75. The summed E-state index contributed by atoms with van der Waals surface area (Å²) in [6.45, 7) is 1.69. The third kappa shape index (κ3) is 1.47. The predicted octanol–water partition coefficient (Wildman–Crippen LogP) is -0.571. The van der Waals surface area contributed by atoms with Crippen LogP contribution in [0.15, 0.2) is 10.9 Å². The van der Waals surface area contributed by atoms with Crippen molar-refractivity contribution in [3.63, 3.8) is 0 Å². The Morgan fingerprint density at radius 1 is 1.40 bits per heavy atom. The van der Waals surface area contributed by atoms with Crippen molar-refractivity contribution in [2.45, 2.75) is 6.92 Å². The zero-order valence-corrected chi connectivity index (χ0v) is 8.43. The molecule has 0 saturated heterocycles. The Bertz CT molecular complexity index is 506. The Morgan fingerprint density at radius 3 is 2.73 bits per heavy atom. The molecule has 7 nitrogen and oxygen atoms in total. The van der Waals surface area contributed by atoms with Crippen LogP contribution in [0.4, 0.5) is 11.6 Å². The lowest BCUT2D eigenvalue weighted by molar-refractivity contribution is -0.659. The Hall–Kier alpha value is -2.18. The molecule has 0 bridgehead atoms. The van der Waals surface area contributed by atoms with Gasteiger partial charge in [0.25, 0.3) is 0 Å². The lowest BCUT2D eigenvalue weighted by atomic mass is 10.2. The molecule has 0 aromatic carbocycles. The van der Waals surface area contributed by atoms with Gasteiger partial charge in [-0.15, -0.1) is 0 Å². The van der Waals surface area contributed by atoms with Crippen molar-refractivity contribution < 1.29 is 9.09 Å². The molecule has 0 fully saturated rings. The molecule has 2 rings (SSSR count). The van der Waals surface area contributed by atoms with E-state index in [2.05, 4.69) is 15.1 Å². The first kappa shape index (κ1) is 9.38. The number of nitrogen functional groups attached to an aromatic ring is 2. The van der Waals surface area contributed by atoms with E-state index >= 15 is 0 Å². The molecule has 0 aliphatic heterocycles. The molecule has 0 saturated carbocycles. The van der Waals surface area contributed by atoms with Gasteiger partial charge < -0.3 is 16.0 Å². The van der Waals surface area contributed by atoms with Crippen LogP contribution in [0.3, 0.4) is 0 Å². The van der Waals surface area contributed by atoms with Gasteiger partial charge in [0, 0.05) is 6.92 Å². The van der Waals surface area contributed by atoms with Gasteiger partial charge in [0.05, 0.1) is 7.05 Å². The molecular formula is C8H11N6O+. The van der Waals surface area contributed by atoms with E-state index in [1.54, 1.807) is 18.5 Å². The van der Waals surface area contributed by atoms with Crippen molar-refractivity contribution in [3.05, 3.63) is 12.2 Å². The van der Waals surface area contributed by atoms with E-state index in [0.717, 1.165) is 0 Å². The second-order valence-electron chi connectivity index (χ2n) is 3.14. The van der Waals surface area contributed by atoms with Gasteiger partial charge in [-0.1, -0.05) is 10.1 Å². The van der Waals surface area contributed by atoms with Crippen LogP contribution in [-0.4, -0.2) is 15.1 Å². The molecule has 0 atom stereocenters. The maximum absolute atomic E-state index is 5.85. The summed E-state index contributed by atoms with van der Waals surface area (Å²) in [5, 5.41) is 3.75. The molecule has 0 unspecified atom stereocenters. The van der Waals surface area contributed by atoms with Gasteiger partial charge in [-0.05, 0) is 0 Å². The van der Waals surface area contributed by atoms with Gasteiger partial charge >= 0.3 is 0 Å². The second kappa shape index (κ2) is 3.19. The van der Waals surface area contributed by atoms with E-state index in [9.17, 15) is 0 Å². The molecule has 2 heterocycles. The topological polar surface area (TPSA) is 108 Å². The fraction of sp³-hybridized carbons (Fsp3) is 0.250. The number of hydrogen-bond donors (Lipinski definition) is 2. The molecule has 78 valence electrons. The first-order valence-electron chi connectivity index (χ1n) is 4.30. The molecule has 7 heteroatoms. The number of aromatic nitrogens is 4. The van der Waals surface area contributed by atoms with Gasteiger partial charge in [-0.25, -0.2) is 4.57 Å². The van der Waals surface area contributed by atoms with Crippen LogP contribution >= 0.6 is 0 Å². The maximum Gasteiger partial charge on any atom is 0.235 e. The van der Waals surface area contributed by atoms with Gasteiger partial charge in [-0.2, -0.15) is 4.98 Å². The zero-order valence-electron chi connectivity index (χ0n) is 8.43. The van der Waals surface area contributed by atoms with Crippen LogP contribution in [0.2, 0.25) is 0 Å². The van der Waals surface area contributed by atoms with E-state index < -0.39 is 0 Å². The highest BCUT2D eigenvalue weighted by atomic mass is 16.5. The van der Waals surface area contributed by atoms with Crippen molar-refractivity contribution in [1.82, 2.24) is 15.1 Å². The number of nitrogens with zero attached hydrogens (tertiary/aromatic N) is 4. The second-order valence-corrected chi connectivity index (χ2v) is 3.14. The first-order valence-corrected chi connectivity index (χ1v) is 4.30. The third-order valence-corrected chi connectivity index (χ3v) is 2.01. The minimum Gasteiger partial charge on any atom is -0.369 e. The van der Waals surface area contributed by atoms with E-state index in [1.165, 1.54) is 6.33 Å². The number of rotatable bonds is 1. The summed E-state index contributed by atoms with van der Waals surface area (Å²) in [6.07, 6.45) is 1.53. The molecule has 0 radical (unpaired) electrons. The molecule has 2 aromatic heterocycles. The highest BCUT2D eigenvalue weighted by Gasteiger charge is 2.20. The smallest absolute Gasteiger partial charge is 0.235 e. The third-order valence-electron chi connectivity index (χ3n) is 2.01. The quantitative estimate of drug-likeness (QED) is 0.606. The van der Waals surface area contributed by atoms with Crippen LogP contribution in [-0.2, 0) is 7.05 Å². The summed E-state index contributed by atoms with van der Waals surface area (Å²) in [5.41, 5.74) is 12.0. The van der Waals surface area contributed by atoms with Gasteiger partial charge in [0.1, 0.15) is 0 Å². The maximum atomic E-state index is 5.85. The normalized spacial score (nSPS) is 10.5. The molecule has 4 N–H and O–H groups in total. The average molecular weight is 207 g/mol. The monoisotopic (exact) mass is 207 g/mol. The Morgan fingerprint density at radius 2 is 2.13 bits per heavy atom. The van der Waals surface area contributed by atoms with Crippen molar-refractivity contribution in [1.29, 1.82) is 0 Å². The van der Waals surface area contributed by atoms with Crippen molar-refractivity contribution >= 4 is 11.6 Å². The van der Waals surface area contributed by atoms with Crippen LogP contribution in [0.1, 0.15) is 5.89 Å². The van der Waals surface area contributed by atoms with Crippen LogP contribution in [0, 0.1) is 6.92 Å². The summed E-state index contributed by atoms with van der Waals surface area (Å²) in [5.74, 6) is 1.54. The highest BCUT2D eigenvalue weighted by Crippen LogP contribution is 2.24. The molecule has 15 heavy (non-hydrogen) atoms. The Labute approximate surface area is 85.7 Å². The average Bonchev–Trinajstić information content (AvgIpc) is 2.59. The van der Waals surface area contributed by atoms with Gasteiger partial charge in [-0.3, -0.25) is 0 Å². The number of nitrogens with two attached hydrogens (primary N) is 2. The standard InChI is InChI=1S/C8H10N6O/c1-4-12-8(13-15-4)5-6(9)11-3-14(2)7(5)10/h3H,1-2H3,(H3,9,10,13)/p+1. The lowest BCUT2D eigenvalue weighted by Crippen LogP contribution is -2.33. The van der Waals surface area contributed by atoms with Crippen LogP contribution in [0.5, 0.6) is 0 Å². The lowest BCUT2D eigenvalue weighted by Gasteiger charge is -2.01. The van der Waals surface area contributed by atoms with Crippen molar-refractivity contribution in [3.8, 4) is 11.4 Å². The van der Waals surface area contributed by atoms with Gasteiger partial charge in [0.2, 0.25) is 29.7 Å². The molecule has 0 spiro atoms. The molecule has 2 aromatic rings. The summed E-state index contributed by atoms with van der Waals surface area (Å²) < 4.78 is 6.50. The van der Waals surface area contributed by atoms with Gasteiger partial charge in [0.15, 0.2) is 5.56 Å². The minimum absolute atomic E-state index is 0.284. The fourth-order valence-electron chi connectivity index (χ4n) is 1.21. The predicted molar refractivity (Wildman–Crippen MR) is 52.3 cm³/mol. The molecule has 0 amide bonds. The first-order chi connectivity index (χ1) is 7.09. The zero-order chi connectivity index (χ0) is 11.0. The SMILES string of the molecule is Cc1nc(-c2c(N)nc[n+](C)c2N)no1. The van der Waals surface area contributed by atoms with Crippen LogP contribution < -0.4 is 16.0 Å². The fourth-order valence-corrected chi connectivity index (χ4v) is 1.21. The molecular weight excluding hydrogens is 196 g/mol.